The predicted molar refractivity (Wildman–Crippen MR) is 66.0 cm³/mol. The standard InChI is InChI=1S/C13H18N3/c1-2-8-15(7-1)12-5-6-13(14-11-12)16-9-3-4-10-16/h5-6H,1-4,7-10H2. The largest absolute Gasteiger partial charge is 0.370 e. The molecule has 0 unspecified atom stereocenters. The van der Waals surface area contributed by atoms with Gasteiger partial charge >= 0.3 is 0 Å². The number of pyridine rings is 1. The molecule has 2 aliphatic heterocycles. The lowest BCUT2D eigenvalue weighted by Crippen LogP contribution is -2.21. The van der Waals surface area contributed by atoms with Crippen LogP contribution in [0.2, 0.25) is 0 Å². The lowest BCUT2D eigenvalue weighted by Gasteiger charge is -2.19. The van der Waals surface area contributed by atoms with Crippen LogP contribution in [0.3, 0.4) is 0 Å². The number of rotatable bonds is 2. The fourth-order valence-electron chi connectivity index (χ4n) is 2.60. The Morgan fingerprint density at radius 3 is 2.06 bits per heavy atom. The molecule has 3 nitrogen and oxygen atoms in total. The van der Waals surface area contributed by atoms with Gasteiger partial charge in [0.2, 0.25) is 0 Å². The quantitative estimate of drug-likeness (QED) is 0.754. The Morgan fingerprint density at radius 2 is 1.50 bits per heavy atom. The molecule has 0 aromatic carbocycles. The Hall–Kier alpha value is -1.25. The molecule has 85 valence electrons. The molecular formula is C13H18N3. The second kappa shape index (κ2) is 4.32. The minimum absolute atomic E-state index is 1.10. The van der Waals surface area contributed by atoms with E-state index in [9.17, 15) is 0 Å². The summed E-state index contributed by atoms with van der Waals surface area (Å²) in [5, 5.41) is 0. The smallest absolute Gasteiger partial charge is 0.129 e. The summed E-state index contributed by atoms with van der Waals surface area (Å²) in [5.74, 6) is 1.10. The van der Waals surface area contributed by atoms with Crippen molar-refractivity contribution in [1.29, 1.82) is 0 Å². The molecule has 1 aromatic heterocycles. The topological polar surface area (TPSA) is 19.4 Å². The van der Waals surface area contributed by atoms with Gasteiger partial charge < -0.3 is 9.80 Å². The van der Waals surface area contributed by atoms with Gasteiger partial charge in [-0.1, -0.05) is 0 Å². The third-order valence-electron chi connectivity index (χ3n) is 3.55. The van der Waals surface area contributed by atoms with Crippen molar-refractivity contribution in [2.24, 2.45) is 0 Å². The first-order valence-electron chi connectivity index (χ1n) is 6.32. The highest BCUT2D eigenvalue weighted by Crippen LogP contribution is 2.22. The van der Waals surface area contributed by atoms with Crippen LogP contribution >= 0.6 is 0 Å². The van der Waals surface area contributed by atoms with Gasteiger partial charge in [0.15, 0.2) is 0 Å². The average molecular weight is 216 g/mol. The van der Waals surface area contributed by atoms with Gasteiger partial charge in [-0.25, -0.2) is 4.98 Å². The maximum absolute atomic E-state index is 4.46. The normalized spacial score (nSPS) is 20.8. The second-order valence-corrected chi connectivity index (χ2v) is 4.69. The zero-order valence-corrected chi connectivity index (χ0v) is 9.65. The van der Waals surface area contributed by atoms with E-state index in [1.807, 2.05) is 0 Å². The summed E-state index contributed by atoms with van der Waals surface area (Å²) in [6.07, 6.45) is 8.41. The molecule has 3 rings (SSSR count). The van der Waals surface area contributed by atoms with Crippen LogP contribution < -0.4 is 9.80 Å². The molecular weight excluding hydrogens is 198 g/mol. The highest BCUT2D eigenvalue weighted by Gasteiger charge is 2.16. The Kier molecular flexibility index (Phi) is 2.68. The first-order valence-corrected chi connectivity index (χ1v) is 6.32. The minimum Gasteiger partial charge on any atom is -0.370 e. The molecule has 3 heterocycles. The third-order valence-corrected chi connectivity index (χ3v) is 3.55. The van der Waals surface area contributed by atoms with Crippen molar-refractivity contribution in [3.05, 3.63) is 18.3 Å². The molecule has 0 N–H and O–H groups in total. The van der Waals surface area contributed by atoms with Crippen molar-refractivity contribution >= 4 is 11.5 Å². The van der Waals surface area contributed by atoms with Gasteiger partial charge in [-0.05, 0) is 37.8 Å². The molecule has 2 saturated heterocycles. The second-order valence-electron chi connectivity index (χ2n) is 4.69. The Bertz CT molecular complexity index is 300. The SMILES string of the molecule is [c]1nc(N2CCCC2)ccc1N1CCCC1. The van der Waals surface area contributed by atoms with Gasteiger partial charge in [0, 0.05) is 26.2 Å². The lowest BCUT2D eigenvalue weighted by molar-refractivity contribution is 0.922. The van der Waals surface area contributed by atoms with Gasteiger partial charge in [0.1, 0.15) is 12.0 Å². The van der Waals surface area contributed by atoms with Gasteiger partial charge in [-0.3, -0.25) is 0 Å². The molecule has 0 amide bonds. The molecule has 3 heteroatoms. The average Bonchev–Trinajstić information content (AvgIpc) is 3.03. The van der Waals surface area contributed by atoms with Crippen molar-refractivity contribution in [2.75, 3.05) is 36.0 Å². The first kappa shape index (κ1) is 9.94. The third kappa shape index (κ3) is 1.86. The van der Waals surface area contributed by atoms with Gasteiger partial charge in [0.05, 0.1) is 5.69 Å². The molecule has 0 saturated carbocycles. The van der Waals surface area contributed by atoms with E-state index in [1.165, 1.54) is 44.5 Å². The van der Waals surface area contributed by atoms with Crippen LogP contribution in [0, 0.1) is 6.20 Å². The van der Waals surface area contributed by atoms with Crippen molar-refractivity contribution < 1.29 is 0 Å². The van der Waals surface area contributed by atoms with Crippen LogP contribution in [0.4, 0.5) is 11.5 Å². The molecule has 1 aromatic rings. The highest BCUT2D eigenvalue weighted by atomic mass is 15.2. The summed E-state index contributed by atoms with van der Waals surface area (Å²) in [7, 11) is 0. The van der Waals surface area contributed by atoms with E-state index in [2.05, 4.69) is 33.1 Å². The molecule has 0 bridgehead atoms. The van der Waals surface area contributed by atoms with E-state index in [1.54, 1.807) is 0 Å². The number of hydrogen-bond acceptors (Lipinski definition) is 3. The Morgan fingerprint density at radius 1 is 0.875 bits per heavy atom. The van der Waals surface area contributed by atoms with Crippen LogP contribution in [0.5, 0.6) is 0 Å². The number of hydrogen-bond donors (Lipinski definition) is 0. The van der Waals surface area contributed by atoms with Crippen LogP contribution in [0.15, 0.2) is 12.1 Å². The summed E-state index contributed by atoms with van der Waals surface area (Å²) in [4.78, 5) is 9.19. The maximum Gasteiger partial charge on any atom is 0.129 e. The molecule has 0 aliphatic carbocycles. The molecule has 0 atom stereocenters. The number of anilines is 2. The summed E-state index contributed by atoms with van der Waals surface area (Å²) in [6.45, 7) is 4.65. The van der Waals surface area contributed by atoms with E-state index in [0.717, 1.165) is 18.9 Å². The summed E-state index contributed by atoms with van der Waals surface area (Å²) in [6, 6.07) is 4.32. The summed E-state index contributed by atoms with van der Waals surface area (Å²) in [5.41, 5.74) is 1.17. The van der Waals surface area contributed by atoms with Crippen LogP contribution in [-0.4, -0.2) is 31.2 Å². The van der Waals surface area contributed by atoms with E-state index in [-0.39, 0.29) is 0 Å². The van der Waals surface area contributed by atoms with Gasteiger partial charge in [0.25, 0.3) is 0 Å². The predicted octanol–water partition coefficient (Wildman–Crippen LogP) is 2.08. The molecule has 2 aliphatic rings. The molecule has 1 radical (unpaired) electrons. The molecule has 2 fully saturated rings. The summed E-state index contributed by atoms with van der Waals surface area (Å²) >= 11 is 0. The van der Waals surface area contributed by atoms with Crippen LogP contribution in [-0.2, 0) is 0 Å². The highest BCUT2D eigenvalue weighted by molar-refractivity contribution is 5.50. The maximum atomic E-state index is 4.46. The molecule has 16 heavy (non-hydrogen) atoms. The fourth-order valence-corrected chi connectivity index (χ4v) is 2.60. The van der Waals surface area contributed by atoms with Crippen molar-refractivity contribution in [2.45, 2.75) is 25.7 Å². The van der Waals surface area contributed by atoms with Crippen molar-refractivity contribution in [3.8, 4) is 0 Å². The van der Waals surface area contributed by atoms with Crippen molar-refractivity contribution in [3.63, 3.8) is 0 Å². The van der Waals surface area contributed by atoms with Gasteiger partial charge in [-0.15, -0.1) is 0 Å². The van der Waals surface area contributed by atoms with E-state index < -0.39 is 0 Å². The number of aromatic nitrogens is 1. The fraction of sp³-hybridized carbons (Fsp3) is 0.615. The van der Waals surface area contributed by atoms with Crippen molar-refractivity contribution in [1.82, 2.24) is 4.98 Å². The lowest BCUT2D eigenvalue weighted by atomic mass is 10.3. The monoisotopic (exact) mass is 216 g/mol. The Labute approximate surface area is 97.1 Å². The van der Waals surface area contributed by atoms with Crippen LogP contribution in [0.1, 0.15) is 25.7 Å². The van der Waals surface area contributed by atoms with Crippen LogP contribution in [0.25, 0.3) is 0 Å². The zero-order valence-electron chi connectivity index (χ0n) is 9.65. The van der Waals surface area contributed by atoms with E-state index >= 15 is 0 Å². The number of nitrogens with zero attached hydrogens (tertiary/aromatic N) is 3. The molecule has 0 spiro atoms. The van der Waals surface area contributed by atoms with E-state index in [4.69, 9.17) is 0 Å². The van der Waals surface area contributed by atoms with E-state index in [0.29, 0.717) is 0 Å². The van der Waals surface area contributed by atoms with Gasteiger partial charge in [-0.2, -0.15) is 0 Å². The minimum atomic E-state index is 1.10. The summed E-state index contributed by atoms with van der Waals surface area (Å²) < 4.78 is 0. The Balaban J connectivity index is 1.73. The zero-order chi connectivity index (χ0) is 10.8. The first-order chi connectivity index (χ1) is 7.93.